The Morgan fingerprint density at radius 1 is 1.62 bits per heavy atom. The van der Waals surface area contributed by atoms with Crippen molar-refractivity contribution in [3.8, 4) is 5.75 Å². The Labute approximate surface area is 103 Å². The summed E-state index contributed by atoms with van der Waals surface area (Å²) in [6.07, 6.45) is 0.678. The van der Waals surface area contributed by atoms with E-state index in [4.69, 9.17) is 5.73 Å². The molecule has 0 aliphatic carbocycles. The number of halogens is 1. The Balaban J connectivity index is 2.80. The summed E-state index contributed by atoms with van der Waals surface area (Å²) in [5, 5.41) is 12.3. The quantitative estimate of drug-likeness (QED) is 0.742. The molecule has 0 aliphatic rings. The number of rotatable bonds is 4. The van der Waals surface area contributed by atoms with E-state index in [1.165, 1.54) is 0 Å². The maximum absolute atomic E-state index is 11.7. The fourth-order valence-electron chi connectivity index (χ4n) is 1.31. The number of benzene rings is 1. The average Bonchev–Trinajstić information content (AvgIpc) is 2.26. The molecule has 1 amide bonds. The summed E-state index contributed by atoms with van der Waals surface area (Å²) in [6, 6.07) is 5.08. The van der Waals surface area contributed by atoms with E-state index in [0.717, 1.165) is 0 Å². The van der Waals surface area contributed by atoms with E-state index in [1.807, 2.05) is 6.92 Å². The lowest BCUT2D eigenvalue weighted by atomic mass is 10.1. The number of nitrogens with two attached hydrogens (primary N) is 1. The molecule has 5 heteroatoms. The first-order valence-corrected chi connectivity index (χ1v) is 5.87. The van der Waals surface area contributed by atoms with Gasteiger partial charge in [0.2, 0.25) is 5.91 Å². The van der Waals surface area contributed by atoms with Gasteiger partial charge < -0.3 is 16.2 Å². The summed E-state index contributed by atoms with van der Waals surface area (Å²) in [6.45, 7) is 2.20. The van der Waals surface area contributed by atoms with Crippen LogP contribution in [0.25, 0.3) is 0 Å². The first kappa shape index (κ1) is 13.0. The van der Waals surface area contributed by atoms with Crippen LogP contribution in [0.15, 0.2) is 22.7 Å². The number of carbonyl (C=O) groups excluding carboxylic acids is 1. The Morgan fingerprint density at radius 3 is 2.88 bits per heavy atom. The highest BCUT2D eigenvalue weighted by Crippen LogP contribution is 2.31. The summed E-state index contributed by atoms with van der Waals surface area (Å²) in [5.41, 5.74) is 5.87. The Hall–Kier alpha value is -1.07. The number of aromatic hydroxyl groups is 1. The fourth-order valence-corrected chi connectivity index (χ4v) is 1.68. The molecule has 1 aromatic rings. The third-order valence-electron chi connectivity index (χ3n) is 2.39. The van der Waals surface area contributed by atoms with Crippen LogP contribution >= 0.6 is 15.9 Å². The van der Waals surface area contributed by atoms with Crippen molar-refractivity contribution in [1.82, 2.24) is 0 Å². The molecule has 0 saturated heterocycles. The van der Waals surface area contributed by atoms with Gasteiger partial charge in [-0.3, -0.25) is 4.79 Å². The van der Waals surface area contributed by atoms with Crippen LogP contribution in [0, 0.1) is 5.92 Å². The zero-order valence-electron chi connectivity index (χ0n) is 9.03. The van der Waals surface area contributed by atoms with Gasteiger partial charge in [-0.05, 0) is 34.5 Å². The first-order valence-electron chi connectivity index (χ1n) is 5.08. The lowest BCUT2D eigenvalue weighted by Crippen LogP contribution is -2.28. The van der Waals surface area contributed by atoms with Crippen LogP contribution in [0.5, 0.6) is 5.75 Å². The molecule has 1 atom stereocenters. The number of carbonyl (C=O) groups is 1. The van der Waals surface area contributed by atoms with E-state index in [0.29, 0.717) is 23.1 Å². The number of phenolic OH excluding ortho intramolecular Hbond substituents is 1. The lowest BCUT2D eigenvalue weighted by molar-refractivity contribution is -0.119. The zero-order valence-corrected chi connectivity index (χ0v) is 10.6. The second kappa shape index (κ2) is 5.86. The van der Waals surface area contributed by atoms with Gasteiger partial charge in [0.05, 0.1) is 16.1 Å². The van der Waals surface area contributed by atoms with Crippen LogP contribution < -0.4 is 11.1 Å². The number of hydrogen-bond acceptors (Lipinski definition) is 3. The molecular weight excluding hydrogens is 272 g/mol. The SMILES string of the molecule is CCC(CN)C(=O)Nc1cccc(Br)c1O. The van der Waals surface area contributed by atoms with Crippen LogP contribution in [0.2, 0.25) is 0 Å². The number of phenols is 1. The highest BCUT2D eigenvalue weighted by atomic mass is 79.9. The zero-order chi connectivity index (χ0) is 12.1. The highest BCUT2D eigenvalue weighted by molar-refractivity contribution is 9.10. The minimum absolute atomic E-state index is 0.0303. The second-order valence-corrected chi connectivity index (χ2v) is 4.32. The maximum Gasteiger partial charge on any atom is 0.228 e. The topological polar surface area (TPSA) is 75.4 Å². The van der Waals surface area contributed by atoms with Crippen molar-refractivity contribution in [3.05, 3.63) is 22.7 Å². The van der Waals surface area contributed by atoms with Crippen LogP contribution in [0.4, 0.5) is 5.69 Å². The molecule has 1 aromatic carbocycles. The number of anilines is 1. The predicted molar refractivity (Wildman–Crippen MR) is 67.3 cm³/mol. The highest BCUT2D eigenvalue weighted by Gasteiger charge is 2.16. The molecule has 0 saturated carbocycles. The number of amides is 1. The molecule has 4 N–H and O–H groups in total. The van der Waals surface area contributed by atoms with Crippen LogP contribution in [-0.2, 0) is 4.79 Å². The number of hydrogen-bond donors (Lipinski definition) is 3. The van der Waals surface area contributed by atoms with Crippen molar-refractivity contribution in [2.24, 2.45) is 11.7 Å². The van der Waals surface area contributed by atoms with Gasteiger partial charge in [0.25, 0.3) is 0 Å². The molecule has 0 spiro atoms. The van der Waals surface area contributed by atoms with Gasteiger partial charge in [0, 0.05) is 6.54 Å². The van der Waals surface area contributed by atoms with Crippen molar-refractivity contribution >= 4 is 27.5 Å². The van der Waals surface area contributed by atoms with Gasteiger partial charge in [0.1, 0.15) is 0 Å². The van der Waals surface area contributed by atoms with Crippen LogP contribution in [0.3, 0.4) is 0 Å². The molecule has 1 unspecified atom stereocenters. The van der Waals surface area contributed by atoms with Crippen LogP contribution in [0.1, 0.15) is 13.3 Å². The summed E-state index contributed by atoms with van der Waals surface area (Å²) >= 11 is 3.18. The van der Waals surface area contributed by atoms with Crippen LogP contribution in [-0.4, -0.2) is 17.6 Å². The maximum atomic E-state index is 11.7. The van der Waals surface area contributed by atoms with Gasteiger partial charge in [-0.15, -0.1) is 0 Å². The van der Waals surface area contributed by atoms with E-state index >= 15 is 0 Å². The Bertz CT molecular complexity index is 378. The summed E-state index contributed by atoms with van der Waals surface area (Å²) in [4.78, 5) is 11.7. The van der Waals surface area contributed by atoms with E-state index in [-0.39, 0.29) is 17.6 Å². The van der Waals surface area contributed by atoms with Crippen molar-refractivity contribution in [3.63, 3.8) is 0 Å². The third kappa shape index (κ3) is 2.96. The normalized spacial score (nSPS) is 12.2. The molecule has 0 bridgehead atoms. The van der Waals surface area contributed by atoms with Gasteiger partial charge >= 0.3 is 0 Å². The standard InChI is InChI=1S/C11H15BrN2O2/c1-2-7(6-13)11(16)14-9-5-3-4-8(12)10(9)15/h3-5,7,15H,2,6,13H2,1H3,(H,14,16). The third-order valence-corrected chi connectivity index (χ3v) is 3.03. The molecule has 4 nitrogen and oxygen atoms in total. The van der Waals surface area contributed by atoms with E-state index in [2.05, 4.69) is 21.2 Å². The van der Waals surface area contributed by atoms with Gasteiger partial charge in [-0.2, -0.15) is 0 Å². The Morgan fingerprint density at radius 2 is 2.31 bits per heavy atom. The summed E-state index contributed by atoms with van der Waals surface area (Å²) in [5.74, 6) is -0.362. The van der Waals surface area contributed by atoms with Gasteiger partial charge in [-0.1, -0.05) is 13.0 Å². The number of para-hydroxylation sites is 1. The average molecular weight is 287 g/mol. The van der Waals surface area contributed by atoms with Crippen molar-refractivity contribution in [2.75, 3.05) is 11.9 Å². The Kier molecular flexibility index (Phi) is 4.76. The largest absolute Gasteiger partial charge is 0.505 e. The lowest BCUT2D eigenvalue weighted by Gasteiger charge is -2.13. The molecular formula is C11H15BrN2O2. The number of nitrogens with one attached hydrogen (secondary N) is 1. The second-order valence-electron chi connectivity index (χ2n) is 3.47. The molecule has 0 radical (unpaired) electrons. The van der Waals surface area contributed by atoms with Gasteiger partial charge in [-0.25, -0.2) is 0 Å². The molecule has 0 fully saturated rings. The van der Waals surface area contributed by atoms with Crippen molar-refractivity contribution < 1.29 is 9.90 Å². The summed E-state index contributed by atoms with van der Waals surface area (Å²) in [7, 11) is 0. The van der Waals surface area contributed by atoms with Crippen molar-refractivity contribution in [1.29, 1.82) is 0 Å². The molecule has 16 heavy (non-hydrogen) atoms. The minimum Gasteiger partial charge on any atom is -0.505 e. The van der Waals surface area contributed by atoms with E-state index < -0.39 is 0 Å². The van der Waals surface area contributed by atoms with E-state index in [1.54, 1.807) is 18.2 Å². The molecule has 0 aliphatic heterocycles. The predicted octanol–water partition coefficient (Wildman–Crippen LogP) is 2.08. The minimum atomic E-state index is -0.224. The summed E-state index contributed by atoms with van der Waals surface area (Å²) < 4.78 is 0.547. The monoisotopic (exact) mass is 286 g/mol. The molecule has 0 aromatic heterocycles. The smallest absolute Gasteiger partial charge is 0.228 e. The van der Waals surface area contributed by atoms with E-state index in [9.17, 15) is 9.90 Å². The first-order chi connectivity index (χ1) is 7.60. The molecule has 0 heterocycles. The molecule has 88 valence electrons. The van der Waals surface area contributed by atoms with Crippen molar-refractivity contribution in [2.45, 2.75) is 13.3 Å². The fraction of sp³-hybridized carbons (Fsp3) is 0.364. The molecule has 1 rings (SSSR count). The van der Waals surface area contributed by atoms with Gasteiger partial charge in [0.15, 0.2) is 5.75 Å².